The number of rotatable bonds is 2. The molecule has 1 aromatic carbocycles. The molecule has 0 aliphatic heterocycles. The van der Waals surface area contributed by atoms with Crippen molar-refractivity contribution in [1.29, 1.82) is 5.26 Å². The Hall–Kier alpha value is -2.22. The summed E-state index contributed by atoms with van der Waals surface area (Å²) >= 11 is 0. The van der Waals surface area contributed by atoms with Crippen LogP contribution in [0.3, 0.4) is 0 Å². The van der Waals surface area contributed by atoms with Crippen molar-refractivity contribution in [3.63, 3.8) is 0 Å². The number of halogens is 6. The van der Waals surface area contributed by atoms with Crippen LogP contribution in [0.4, 0.5) is 32.0 Å². The van der Waals surface area contributed by atoms with E-state index in [1.54, 1.807) is 20.8 Å². The number of hydrogen-bond acceptors (Lipinski definition) is 1. The Labute approximate surface area is 135 Å². The number of nitriles is 1. The molecule has 24 heavy (non-hydrogen) atoms. The van der Waals surface area contributed by atoms with Gasteiger partial charge in [-0.3, -0.25) is 0 Å². The number of alkyl halides is 6. The lowest BCUT2D eigenvalue weighted by atomic mass is 9.87. The van der Waals surface area contributed by atoms with Gasteiger partial charge in [-0.2, -0.15) is 31.6 Å². The summed E-state index contributed by atoms with van der Waals surface area (Å²) in [6.07, 6.45) is -9.26. The van der Waals surface area contributed by atoms with Gasteiger partial charge in [-0.25, -0.2) is 0 Å². The molecule has 130 valence electrons. The van der Waals surface area contributed by atoms with E-state index in [0.717, 1.165) is 0 Å². The third-order valence-electron chi connectivity index (χ3n) is 3.85. The van der Waals surface area contributed by atoms with Gasteiger partial charge in [-0.15, -0.1) is 0 Å². The third-order valence-corrected chi connectivity index (χ3v) is 3.85. The summed E-state index contributed by atoms with van der Waals surface area (Å²) in [4.78, 5) is 3.43. The van der Waals surface area contributed by atoms with Crippen LogP contribution in [0, 0.1) is 22.8 Å². The van der Waals surface area contributed by atoms with Crippen molar-refractivity contribution in [2.75, 3.05) is 0 Å². The fourth-order valence-electron chi connectivity index (χ4n) is 1.85. The van der Waals surface area contributed by atoms with Gasteiger partial charge < -0.3 is 0 Å². The highest BCUT2D eigenvalue weighted by molar-refractivity contribution is 5.65. The molecule has 0 aliphatic carbocycles. The molecule has 8 heteroatoms. The molecule has 0 spiro atoms. The predicted octanol–water partition coefficient (Wildman–Crippen LogP) is 6.39. The van der Waals surface area contributed by atoms with Gasteiger partial charge in [-0.05, 0) is 36.7 Å². The van der Waals surface area contributed by atoms with Crippen molar-refractivity contribution in [2.24, 2.45) is 5.41 Å². The minimum Gasteiger partial charge on any atom is -0.192 e. The van der Waals surface area contributed by atoms with Gasteiger partial charge >= 0.3 is 18.0 Å². The normalized spacial score (nSPS) is 12.3. The molecule has 0 N–H and O–H groups in total. The number of benzene rings is 1. The summed E-state index contributed by atoms with van der Waals surface area (Å²) in [6.45, 7) is 5.11. The van der Waals surface area contributed by atoms with Crippen LogP contribution in [0.25, 0.3) is 4.85 Å². The highest BCUT2D eigenvalue weighted by Crippen LogP contribution is 2.45. The van der Waals surface area contributed by atoms with Crippen LogP contribution in [0.5, 0.6) is 0 Å². The molecule has 0 unspecified atom stereocenters. The fourth-order valence-corrected chi connectivity index (χ4v) is 1.85. The average Bonchev–Trinajstić information content (AvgIpc) is 2.50. The first-order valence-electron chi connectivity index (χ1n) is 7.08. The van der Waals surface area contributed by atoms with Gasteiger partial charge in [-0.1, -0.05) is 13.8 Å². The van der Waals surface area contributed by atoms with Crippen molar-refractivity contribution in [2.45, 2.75) is 46.0 Å². The lowest BCUT2D eigenvalue weighted by molar-refractivity contribution is -0.141. The van der Waals surface area contributed by atoms with Gasteiger partial charge in [0.15, 0.2) is 0 Å². The largest absolute Gasteiger partial charge is 0.424 e. The highest BCUT2D eigenvalue weighted by Gasteiger charge is 2.47. The van der Waals surface area contributed by atoms with Crippen LogP contribution in [-0.4, -0.2) is 0 Å². The molecule has 0 heterocycles. The molecule has 0 aliphatic rings. The molecule has 0 radical (unpaired) electrons. The van der Waals surface area contributed by atoms with E-state index in [1.165, 1.54) is 6.07 Å². The maximum Gasteiger partial charge on any atom is 0.424 e. The van der Waals surface area contributed by atoms with E-state index in [0.29, 0.717) is 25.0 Å². The van der Waals surface area contributed by atoms with Gasteiger partial charge in [0.1, 0.15) is 16.5 Å². The number of hydrogen-bond donors (Lipinski definition) is 0. The van der Waals surface area contributed by atoms with E-state index in [4.69, 9.17) is 5.26 Å². The predicted molar refractivity (Wildman–Crippen MR) is 76.8 cm³/mol. The van der Waals surface area contributed by atoms with E-state index in [9.17, 15) is 26.3 Å². The molecule has 2 nitrogen and oxygen atoms in total. The van der Waals surface area contributed by atoms with Crippen LogP contribution < -0.4 is 0 Å². The maximum atomic E-state index is 13.2. The van der Waals surface area contributed by atoms with E-state index < -0.39 is 40.1 Å². The maximum absolute atomic E-state index is 13.2. The van der Waals surface area contributed by atoms with E-state index in [-0.39, 0.29) is 0 Å². The minimum atomic E-state index is -5.08. The van der Waals surface area contributed by atoms with Gasteiger partial charge in [0, 0.05) is 0 Å². The van der Waals surface area contributed by atoms with Gasteiger partial charge in [0.25, 0.3) is 6.07 Å². The highest BCUT2D eigenvalue weighted by atomic mass is 19.4. The van der Waals surface area contributed by atoms with Gasteiger partial charge in [0.2, 0.25) is 0 Å². The molecular weight excluding hydrogens is 334 g/mol. The Bertz CT molecular complexity index is 674. The van der Waals surface area contributed by atoms with Crippen LogP contribution in [0.1, 0.15) is 50.3 Å². The van der Waals surface area contributed by atoms with Crippen LogP contribution in [0.15, 0.2) is 12.1 Å². The number of nitrogens with zero attached hydrogens (tertiary/aromatic N) is 2. The Balaban J connectivity index is 3.80. The summed E-state index contributed by atoms with van der Waals surface area (Å²) in [5.74, 6) is 0. The SMILES string of the molecule is CCC(C)(C#[N+]c1c(C(F)(F)F)cc(C#N)cc1C(F)(F)F)CC. The summed E-state index contributed by atoms with van der Waals surface area (Å²) in [6, 6.07) is 4.46. The summed E-state index contributed by atoms with van der Waals surface area (Å²) in [5.41, 5.74) is -5.95. The minimum absolute atomic E-state index is 0.366. The van der Waals surface area contributed by atoms with Crippen molar-refractivity contribution in [3.05, 3.63) is 33.7 Å². The molecular formula is C16H15F6N2+. The van der Waals surface area contributed by atoms with Crippen molar-refractivity contribution in [1.82, 2.24) is 0 Å². The second-order valence-corrected chi connectivity index (χ2v) is 5.52. The monoisotopic (exact) mass is 349 g/mol. The first kappa shape index (κ1) is 19.8. The van der Waals surface area contributed by atoms with Crippen LogP contribution in [-0.2, 0) is 12.4 Å². The molecule has 1 aromatic rings. The molecule has 0 saturated carbocycles. The first-order chi connectivity index (χ1) is 10.9. The van der Waals surface area contributed by atoms with Crippen molar-refractivity contribution in [3.8, 4) is 12.1 Å². The first-order valence-corrected chi connectivity index (χ1v) is 7.08. The lowest BCUT2D eigenvalue weighted by Gasteiger charge is -2.12. The zero-order valence-electron chi connectivity index (χ0n) is 13.2. The van der Waals surface area contributed by atoms with Crippen LogP contribution in [0.2, 0.25) is 0 Å². The summed E-state index contributed by atoms with van der Waals surface area (Å²) < 4.78 is 78.9. The molecule has 0 saturated heterocycles. The molecule has 0 bridgehead atoms. The average molecular weight is 349 g/mol. The quantitative estimate of drug-likeness (QED) is 0.569. The topological polar surface area (TPSA) is 28.1 Å². The second kappa shape index (κ2) is 6.72. The summed E-state index contributed by atoms with van der Waals surface area (Å²) in [5, 5.41) is 8.71. The van der Waals surface area contributed by atoms with E-state index in [1.807, 2.05) is 0 Å². The molecule has 1 rings (SSSR count). The Morgan fingerprint density at radius 3 is 1.67 bits per heavy atom. The molecule has 0 fully saturated rings. The zero-order chi connectivity index (χ0) is 18.8. The van der Waals surface area contributed by atoms with E-state index in [2.05, 4.69) is 10.9 Å². The van der Waals surface area contributed by atoms with Crippen molar-refractivity contribution < 1.29 is 26.3 Å². The molecule has 0 amide bonds. The van der Waals surface area contributed by atoms with Crippen molar-refractivity contribution >= 4 is 5.69 Å². The standard InChI is InChI=1S/C16H15F6N2/c1-4-14(3,5-2)9-24-13-11(15(17,18)19)6-10(8-23)7-12(13)16(20,21)22/h6-7H,4-5H2,1-3H3/q+1. The Morgan fingerprint density at radius 1 is 0.958 bits per heavy atom. The second-order valence-electron chi connectivity index (χ2n) is 5.52. The lowest BCUT2D eigenvalue weighted by Crippen LogP contribution is -2.13. The zero-order valence-corrected chi connectivity index (χ0v) is 13.2. The van der Waals surface area contributed by atoms with Crippen LogP contribution >= 0.6 is 0 Å². The summed E-state index contributed by atoms with van der Waals surface area (Å²) in [7, 11) is 0. The molecule has 0 atom stereocenters. The Kier molecular flexibility index (Phi) is 5.55. The fraction of sp³-hybridized carbons (Fsp3) is 0.500. The smallest absolute Gasteiger partial charge is 0.192 e. The molecule has 0 aromatic heterocycles. The third kappa shape index (κ3) is 4.41. The van der Waals surface area contributed by atoms with Gasteiger partial charge in [0.05, 0.1) is 11.6 Å². The van der Waals surface area contributed by atoms with E-state index >= 15 is 0 Å². The Morgan fingerprint density at radius 2 is 1.38 bits per heavy atom.